The van der Waals surface area contributed by atoms with Gasteiger partial charge in [-0.05, 0) is 43.0 Å². The number of nitrogens with one attached hydrogen (secondary N) is 1. The molecule has 6 rings (SSSR count). The number of fused-ring (bicyclic) bond motifs is 1. The van der Waals surface area contributed by atoms with Crippen LogP contribution in [0.5, 0.6) is 5.75 Å². The monoisotopic (exact) mass is 761 g/mol. The van der Waals surface area contributed by atoms with Crippen LogP contribution in [0, 0.1) is 5.92 Å². The predicted octanol–water partition coefficient (Wildman–Crippen LogP) is 4.47. The van der Waals surface area contributed by atoms with Crippen LogP contribution in [0.2, 0.25) is 0 Å². The summed E-state index contributed by atoms with van der Waals surface area (Å²) in [5, 5.41) is 10.4. The zero-order valence-electron chi connectivity index (χ0n) is 28.9. The van der Waals surface area contributed by atoms with Gasteiger partial charge in [0, 0.05) is 74.9 Å². The first kappa shape index (κ1) is 37.8. The van der Waals surface area contributed by atoms with Crippen LogP contribution in [0.3, 0.4) is 0 Å². The van der Waals surface area contributed by atoms with E-state index in [2.05, 4.69) is 25.4 Å². The first-order valence-corrected chi connectivity index (χ1v) is 17.9. The summed E-state index contributed by atoms with van der Waals surface area (Å²) in [7, 11) is 1.37. The van der Waals surface area contributed by atoms with E-state index >= 15 is 0 Å². The molecule has 0 unspecified atom stereocenters. The van der Waals surface area contributed by atoms with Crippen molar-refractivity contribution >= 4 is 41.0 Å². The third-order valence-electron chi connectivity index (χ3n) is 9.19. The number of alkyl halides is 4. The Morgan fingerprint density at radius 3 is 2.49 bits per heavy atom. The molecule has 53 heavy (non-hydrogen) atoms. The van der Waals surface area contributed by atoms with Crippen molar-refractivity contribution in [1.82, 2.24) is 39.1 Å². The SMILES string of the molecule is COC(=O)N1CCN(CC2CCN(C(=O)Cn3cc(NC(=O)c4cnn5cccnc45)c(-c4cc(SC(CF)CF)ccc4OC(F)F)n3)CC2)CC1. The number of piperazine rings is 1. The van der Waals surface area contributed by atoms with E-state index in [9.17, 15) is 31.9 Å². The van der Waals surface area contributed by atoms with Crippen molar-refractivity contribution in [3.63, 3.8) is 0 Å². The van der Waals surface area contributed by atoms with E-state index in [1.807, 2.05) is 0 Å². The Morgan fingerprint density at radius 2 is 1.79 bits per heavy atom. The normalized spacial score (nSPS) is 15.8. The average molecular weight is 762 g/mol. The minimum atomic E-state index is -3.21. The van der Waals surface area contributed by atoms with Crippen molar-refractivity contribution in [2.24, 2.45) is 5.92 Å². The van der Waals surface area contributed by atoms with Gasteiger partial charge in [0.15, 0.2) is 5.65 Å². The van der Waals surface area contributed by atoms with E-state index < -0.39 is 31.1 Å². The Kier molecular flexibility index (Phi) is 12.3. The molecule has 3 amide bonds. The number of ether oxygens (including phenoxy) is 2. The lowest BCUT2D eigenvalue weighted by molar-refractivity contribution is -0.133. The standard InChI is InChI=1S/C34H39F4N9O5S/c1-51-34(50)45-13-11-43(12-14-45)19-22-5-9-44(10-6-22)29(48)21-46-20-27(41-32(49)26-18-40-47-8-2-7-39-31(26)47)30(42-46)25-15-23(53-24(16-35)17-36)3-4-28(25)52-33(37)38/h2-4,7-8,15,18,20,22,24,33H,5-6,9-14,16-17,19,21H2,1H3,(H,41,49). The molecule has 2 saturated heterocycles. The number of halogens is 4. The molecule has 0 radical (unpaired) electrons. The van der Waals surface area contributed by atoms with Gasteiger partial charge < -0.3 is 24.6 Å². The number of likely N-dealkylation sites (tertiary alicyclic amines) is 1. The molecule has 1 aromatic carbocycles. The number of piperidine rings is 1. The van der Waals surface area contributed by atoms with Gasteiger partial charge in [-0.3, -0.25) is 19.2 Å². The number of hydrogen-bond acceptors (Lipinski definition) is 10. The number of rotatable bonds is 13. The van der Waals surface area contributed by atoms with Crippen LogP contribution < -0.4 is 10.1 Å². The largest absolute Gasteiger partial charge is 0.453 e. The number of hydrogen-bond donors (Lipinski definition) is 1. The average Bonchev–Trinajstić information content (AvgIpc) is 3.78. The summed E-state index contributed by atoms with van der Waals surface area (Å²) in [6.45, 7) is -0.716. The number of benzene rings is 1. The molecular formula is C34H39F4N9O5S. The molecular weight excluding hydrogens is 722 g/mol. The molecule has 2 aliphatic rings. The minimum absolute atomic E-state index is 0.00302. The van der Waals surface area contributed by atoms with E-state index in [0.717, 1.165) is 44.2 Å². The zero-order chi connectivity index (χ0) is 37.5. The fourth-order valence-corrected chi connectivity index (χ4v) is 7.29. The molecule has 5 heterocycles. The second kappa shape index (κ2) is 17.3. The number of carbonyl (C=O) groups excluding carboxylic acids is 3. The molecule has 2 aliphatic heterocycles. The fraction of sp³-hybridized carbons (Fsp3) is 0.471. The number of aromatic nitrogens is 5. The van der Waals surface area contributed by atoms with Crippen LogP contribution in [-0.2, 0) is 16.1 Å². The van der Waals surface area contributed by atoms with Gasteiger partial charge in [0.25, 0.3) is 5.91 Å². The summed E-state index contributed by atoms with van der Waals surface area (Å²) >= 11 is 0.875. The molecule has 14 nitrogen and oxygen atoms in total. The smallest absolute Gasteiger partial charge is 0.409 e. The van der Waals surface area contributed by atoms with E-state index in [-0.39, 0.29) is 52.5 Å². The maximum atomic E-state index is 13.6. The van der Waals surface area contributed by atoms with Crippen molar-refractivity contribution in [1.29, 1.82) is 0 Å². The molecule has 0 aliphatic carbocycles. The first-order valence-electron chi connectivity index (χ1n) is 17.0. The number of nitrogens with zero attached hydrogens (tertiary/aromatic N) is 8. The zero-order valence-corrected chi connectivity index (χ0v) is 29.7. The number of amides is 3. The molecule has 1 N–H and O–H groups in total. The van der Waals surface area contributed by atoms with Crippen molar-refractivity contribution in [2.45, 2.75) is 36.1 Å². The second-order valence-corrected chi connectivity index (χ2v) is 14.0. The maximum Gasteiger partial charge on any atom is 0.409 e. The predicted molar refractivity (Wildman–Crippen MR) is 187 cm³/mol. The summed E-state index contributed by atoms with van der Waals surface area (Å²) in [6.07, 6.45) is 7.12. The van der Waals surface area contributed by atoms with Gasteiger partial charge in [0.05, 0.1) is 24.2 Å². The van der Waals surface area contributed by atoms with Gasteiger partial charge >= 0.3 is 12.7 Å². The van der Waals surface area contributed by atoms with Crippen LogP contribution in [0.25, 0.3) is 16.9 Å². The number of methoxy groups -OCH3 is 1. The fourth-order valence-electron chi connectivity index (χ4n) is 6.44. The molecule has 284 valence electrons. The quantitative estimate of drug-likeness (QED) is 0.154. The third kappa shape index (κ3) is 9.19. The maximum absolute atomic E-state index is 13.6. The van der Waals surface area contributed by atoms with Crippen molar-refractivity contribution in [2.75, 3.05) is 71.6 Å². The van der Waals surface area contributed by atoms with Gasteiger partial charge in [-0.2, -0.15) is 19.0 Å². The van der Waals surface area contributed by atoms with E-state index in [1.165, 1.54) is 53.1 Å². The van der Waals surface area contributed by atoms with E-state index in [1.54, 1.807) is 22.1 Å². The van der Waals surface area contributed by atoms with Crippen LogP contribution in [-0.4, -0.2) is 135 Å². The summed E-state index contributed by atoms with van der Waals surface area (Å²) in [5.74, 6) is -0.767. The highest BCUT2D eigenvalue weighted by atomic mass is 32.2. The molecule has 19 heteroatoms. The lowest BCUT2D eigenvalue weighted by atomic mass is 9.96. The highest BCUT2D eigenvalue weighted by molar-refractivity contribution is 8.00. The lowest BCUT2D eigenvalue weighted by Crippen LogP contribution is -2.50. The number of anilines is 1. The topological polar surface area (TPSA) is 139 Å². The van der Waals surface area contributed by atoms with Crippen LogP contribution >= 0.6 is 11.8 Å². The minimum Gasteiger partial charge on any atom is -0.453 e. The Balaban J connectivity index is 1.20. The Hall–Kier alpha value is -4.91. The molecule has 0 saturated carbocycles. The Bertz CT molecular complexity index is 1890. The Morgan fingerprint density at radius 1 is 1.04 bits per heavy atom. The second-order valence-electron chi connectivity index (χ2n) is 12.7. The summed E-state index contributed by atoms with van der Waals surface area (Å²) in [6, 6.07) is 5.69. The first-order chi connectivity index (χ1) is 25.6. The lowest BCUT2D eigenvalue weighted by Gasteiger charge is -2.38. The third-order valence-corrected chi connectivity index (χ3v) is 10.3. The number of thioether (sulfide) groups is 1. The molecule has 4 aromatic rings. The molecule has 0 atom stereocenters. The summed E-state index contributed by atoms with van der Waals surface area (Å²) in [5.41, 5.74) is 0.467. The molecule has 3 aromatic heterocycles. The van der Waals surface area contributed by atoms with Gasteiger partial charge in [-0.1, -0.05) is 0 Å². The van der Waals surface area contributed by atoms with Crippen molar-refractivity contribution in [3.8, 4) is 17.0 Å². The summed E-state index contributed by atoms with van der Waals surface area (Å²) < 4.78 is 66.3. The summed E-state index contributed by atoms with van der Waals surface area (Å²) in [4.78, 5) is 49.2. The highest BCUT2D eigenvalue weighted by Crippen LogP contribution is 2.39. The van der Waals surface area contributed by atoms with E-state index in [4.69, 9.17) is 9.47 Å². The molecule has 0 bridgehead atoms. The molecule has 2 fully saturated rings. The van der Waals surface area contributed by atoms with E-state index in [0.29, 0.717) is 37.0 Å². The van der Waals surface area contributed by atoms with Crippen LogP contribution in [0.15, 0.2) is 53.9 Å². The van der Waals surface area contributed by atoms with Crippen molar-refractivity contribution in [3.05, 3.63) is 54.6 Å². The van der Waals surface area contributed by atoms with Gasteiger partial charge in [0.1, 0.15) is 36.9 Å². The van der Waals surface area contributed by atoms with Crippen molar-refractivity contribution < 1.29 is 41.4 Å². The highest BCUT2D eigenvalue weighted by Gasteiger charge is 2.29. The molecule has 0 spiro atoms. The van der Waals surface area contributed by atoms with Gasteiger partial charge in [-0.15, -0.1) is 11.8 Å². The van der Waals surface area contributed by atoms with Crippen LogP contribution in [0.4, 0.5) is 28.0 Å². The van der Waals surface area contributed by atoms with Crippen LogP contribution in [0.1, 0.15) is 23.2 Å². The van der Waals surface area contributed by atoms with Gasteiger partial charge in [-0.25, -0.2) is 23.1 Å². The number of carbonyl (C=O) groups is 3. The Labute approximate surface area is 306 Å². The van der Waals surface area contributed by atoms with Gasteiger partial charge in [0.2, 0.25) is 5.91 Å².